The minimum atomic E-state index is 0.161. The third kappa shape index (κ3) is 2.12. The van der Waals surface area contributed by atoms with Crippen molar-refractivity contribution in [3.63, 3.8) is 0 Å². The quantitative estimate of drug-likeness (QED) is 0.914. The van der Waals surface area contributed by atoms with Crippen molar-refractivity contribution in [1.82, 2.24) is 10.1 Å². The van der Waals surface area contributed by atoms with Gasteiger partial charge in [-0.15, -0.1) is 0 Å². The van der Waals surface area contributed by atoms with E-state index >= 15 is 0 Å². The standard InChI is InChI=1S/C16H19N3O2/c17-10-7-11-5-6-12(8-10)19(11)16(20)9-14-13-3-1-2-4-15(13)21-18-14/h1-4,10-12H,5-9,17H2. The van der Waals surface area contributed by atoms with Gasteiger partial charge in [0.15, 0.2) is 5.58 Å². The number of para-hydroxylation sites is 1. The highest BCUT2D eigenvalue weighted by Gasteiger charge is 2.42. The molecule has 0 saturated carbocycles. The summed E-state index contributed by atoms with van der Waals surface area (Å²) in [6.45, 7) is 0. The summed E-state index contributed by atoms with van der Waals surface area (Å²) >= 11 is 0. The fraction of sp³-hybridized carbons (Fsp3) is 0.500. The smallest absolute Gasteiger partial charge is 0.229 e. The maximum Gasteiger partial charge on any atom is 0.229 e. The highest BCUT2D eigenvalue weighted by atomic mass is 16.5. The molecule has 4 rings (SSSR count). The second kappa shape index (κ2) is 4.84. The Labute approximate surface area is 123 Å². The Kier molecular flexibility index (Phi) is 2.96. The number of benzene rings is 1. The zero-order valence-electron chi connectivity index (χ0n) is 11.9. The molecule has 1 aromatic carbocycles. The van der Waals surface area contributed by atoms with E-state index in [9.17, 15) is 4.79 Å². The normalized spacial score (nSPS) is 28.2. The average molecular weight is 285 g/mol. The number of nitrogens with zero attached hydrogens (tertiary/aromatic N) is 2. The lowest BCUT2D eigenvalue weighted by atomic mass is 9.97. The molecule has 1 amide bonds. The van der Waals surface area contributed by atoms with Crippen LogP contribution in [0.3, 0.4) is 0 Å². The summed E-state index contributed by atoms with van der Waals surface area (Å²) in [5.41, 5.74) is 7.54. The van der Waals surface area contributed by atoms with Crippen molar-refractivity contribution >= 4 is 16.9 Å². The lowest BCUT2D eigenvalue weighted by Gasteiger charge is -2.37. The van der Waals surface area contributed by atoms with Crippen molar-refractivity contribution in [3.8, 4) is 0 Å². The lowest BCUT2D eigenvalue weighted by molar-refractivity contribution is -0.135. The Morgan fingerprint density at radius 1 is 1.29 bits per heavy atom. The third-order valence-electron chi connectivity index (χ3n) is 4.83. The highest BCUT2D eigenvalue weighted by Crippen LogP contribution is 2.35. The number of amides is 1. The number of carbonyl (C=O) groups excluding carboxylic acids is 1. The summed E-state index contributed by atoms with van der Waals surface area (Å²) in [4.78, 5) is 14.7. The van der Waals surface area contributed by atoms with E-state index in [0.717, 1.165) is 42.3 Å². The molecule has 2 aromatic rings. The molecule has 2 saturated heterocycles. The molecule has 2 aliphatic heterocycles. The number of fused-ring (bicyclic) bond motifs is 3. The van der Waals surface area contributed by atoms with Crippen LogP contribution in [0.15, 0.2) is 28.8 Å². The third-order valence-corrected chi connectivity index (χ3v) is 4.83. The molecule has 5 nitrogen and oxygen atoms in total. The van der Waals surface area contributed by atoms with Gasteiger partial charge in [0.05, 0.1) is 6.42 Å². The number of piperidine rings is 1. The molecule has 110 valence electrons. The van der Waals surface area contributed by atoms with Crippen LogP contribution in [0.1, 0.15) is 31.4 Å². The Morgan fingerprint density at radius 2 is 2.00 bits per heavy atom. The maximum atomic E-state index is 12.7. The summed E-state index contributed by atoms with van der Waals surface area (Å²) < 4.78 is 5.28. The van der Waals surface area contributed by atoms with Crippen molar-refractivity contribution in [3.05, 3.63) is 30.0 Å². The second-order valence-corrected chi connectivity index (χ2v) is 6.22. The summed E-state index contributed by atoms with van der Waals surface area (Å²) in [5, 5.41) is 5.01. The van der Waals surface area contributed by atoms with Gasteiger partial charge >= 0.3 is 0 Å². The van der Waals surface area contributed by atoms with Crippen LogP contribution in [0.2, 0.25) is 0 Å². The molecule has 3 heterocycles. The zero-order valence-corrected chi connectivity index (χ0v) is 11.9. The largest absolute Gasteiger partial charge is 0.356 e. The van der Waals surface area contributed by atoms with E-state index in [1.165, 1.54) is 0 Å². The van der Waals surface area contributed by atoms with E-state index in [-0.39, 0.29) is 11.9 Å². The van der Waals surface area contributed by atoms with Crippen LogP contribution < -0.4 is 5.73 Å². The van der Waals surface area contributed by atoms with Crippen molar-refractivity contribution in [2.75, 3.05) is 0 Å². The average Bonchev–Trinajstić information content (AvgIpc) is 2.99. The van der Waals surface area contributed by atoms with Gasteiger partial charge in [0, 0.05) is 23.5 Å². The predicted molar refractivity (Wildman–Crippen MR) is 78.6 cm³/mol. The molecule has 0 spiro atoms. The van der Waals surface area contributed by atoms with Crippen molar-refractivity contribution in [2.24, 2.45) is 5.73 Å². The number of aromatic nitrogens is 1. The number of carbonyl (C=O) groups is 1. The summed E-state index contributed by atoms with van der Waals surface area (Å²) in [6.07, 6.45) is 4.36. The number of rotatable bonds is 2. The van der Waals surface area contributed by atoms with E-state index < -0.39 is 0 Å². The van der Waals surface area contributed by atoms with Gasteiger partial charge < -0.3 is 15.2 Å². The molecule has 5 heteroatoms. The van der Waals surface area contributed by atoms with Gasteiger partial charge in [-0.05, 0) is 37.8 Å². The minimum absolute atomic E-state index is 0.161. The molecule has 21 heavy (non-hydrogen) atoms. The molecule has 1 aromatic heterocycles. The highest BCUT2D eigenvalue weighted by molar-refractivity contribution is 5.86. The molecular formula is C16H19N3O2. The van der Waals surface area contributed by atoms with Crippen LogP contribution in [0.5, 0.6) is 0 Å². The van der Waals surface area contributed by atoms with E-state index in [1.807, 2.05) is 24.3 Å². The van der Waals surface area contributed by atoms with Crippen molar-refractivity contribution in [1.29, 1.82) is 0 Å². The first-order chi connectivity index (χ1) is 10.2. The zero-order chi connectivity index (χ0) is 14.4. The Hall–Kier alpha value is -1.88. The minimum Gasteiger partial charge on any atom is -0.356 e. The predicted octanol–water partition coefficient (Wildman–Crippen LogP) is 1.85. The molecule has 2 unspecified atom stereocenters. The first-order valence-electron chi connectivity index (χ1n) is 7.62. The molecule has 0 aliphatic carbocycles. The molecular weight excluding hydrogens is 266 g/mol. The Bertz CT molecular complexity index is 667. The van der Waals surface area contributed by atoms with Crippen LogP contribution in [0, 0.1) is 0 Å². The van der Waals surface area contributed by atoms with Gasteiger partial charge in [-0.1, -0.05) is 17.3 Å². The molecule has 2 N–H and O–H groups in total. The molecule has 2 atom stereocenters. The SMILES string of the molecule is NC1CC2CCC(C1)N2C(=O)Cc1noc2ccccc12. The first kappa shape index (κ1) is 12.8. The van der Waals surface area contributed by atoms with Crippen LogP contribution in [-0.2, 0) is 11.2 Å². The Balaban J connectivity index is 1.56. The van der Waals surface area contributed by atoms with E-state index in [2.05, 4.69) is 10.1 Å². The van der Waals surface area contributed by atoms with E-state index in [1.54, 1.807) is 0 Å². The number of nitrogens with two attached hydrogens (primary N) is 1. The van der Waals surface area contributed by atoms with E-state index in [0.29, 0.717) is 18.5 Å². The monoisotopic (exact) mass is 285 g/mol. The summed E-state index contributed by atoms with van der Waals surface area (Å²) in [7, 11) is 0. The van der Waals surface area contributed by atoms with Crippen molar-refractivity contribution in [2.45, 2.75) is 50.2 Å². The van der Waals surface area contributed by atoms with Crippen LogP contribution >= 0.6 is 0 Å². The topological polar surface area (TPSA) is 72.4 Å². The molecule has 2 fully saturated rings. The van der Waals surface area contributed by atoms with Gasteiger partial charge in [0.2, 0.25) is 5.91 Å². The first-order valence-corrected chi connectivity index (χ1v) is 7.62. The summed E-state index contributed by atoms with van der Waals surface area (Å²) in [5.74, 6) is 0.161. The van der Waals surface area contributed by atoms with Gasteiger partial charge in [-0.25, -0.2) is 0 Å². The number of hydrogen-bond acceptors (Lipinski definition) is 4. The van der Waals surface area contributed by atoms with Gasteiger partial charge in [0.1, 0.15) is 5.69 Å². The lowest BCUT2D eigenvalue weighted by Crippen LogP contribution is -2.50. The Morgan fingerprint density at radius 3 is 2.76 bits per heavy atom. The van der Waals surface area contributed by atoms with Crippen LogP contribution in [0.4, 0.5) is 0 Å². The van der Waals surface area contributed by atoms with Crippen molar-refractivity contribution < 1.29 is 9.32 Å². The molecule has 2 aliphatic rings. The van der Waals surface area contributed by atoms with E-state index in [4.69, 9.17) is 10.3 Å². The van der Waals surface area contributed by atoms with Gasteiger partial charge in [-0.2, -0.15) is 0 Å². The summed E-state index contributed by atoms with van der Waals surface area (Å²) in [6, 6.07) is 8.57. The van der Waals surface area contributed by atoms with Gasteiger partial charge in [-0.3, -0.25) is 4.79 Å². The number of hydrogen-bond donors (Lipinski definition) is 1. The fourth-order valence-corrected chi connectivity index (χ4v) is 3.93. The molecule has 0 radical (unpaired) electrons. The second-order valence-electron chi connectivity index (χ2n) is 6.22. The fourth-order valence-electron chi connectivity index (χ4n) is 3.93. The molecule has 2 bridgehead atoms. The van der Waals surface area contributed by atoms with Crippen LogP contribution in [-0.4, -0.2) is 34.1 Å². The maximum absolute atomic E-state index is 12.7. The van der Waals surface area contributed by atoms with Gasteiger partial charge in [0.25, 0.3) is 0 Å². The van der Waals surface area contributed by atoms with Crippen LogP contribution in [0.25, 0.3) is 11.0 Å².